The fraction of sp³-hybridized carbons (Fsp3) is 0.538. The van der Waals surface area contributed by atoms with E-state index in [1.165, 1.54) is 12.1 Å². The average Bonchev–Trinajstić information content (AvgIpc) is 2.94. The lowest BCUT2D eigenvalue weighted by atomic mass is 10.0. The number of aromatic carboxylic acids is 1. The number of aliphatic hydroxyl groups is 1. The third-order valence-electron chi connectivity index (χ3n) is 3.39. The maximum Gasteiger partial charge on any atom is 0.371 e. The van der Waals surface area contributed by atoms with Gasteiger partial charge in [-0.2, -0.15) is 0 Å². The normalized spacial score (nSPS) is 18.9. The van der Waals surface area contributed by atoms with Gasteiger partial charge >= 0.3 is 12.0 Å². The van der Waals surface area contributed by atoms with Crippen LogP contribution in [0.5, 0.6) is 0 Å². The Hall–Kier alpha value is -2.02. The molecule has 1 atom stereocenters. The molecule has 0 radical (unpaired) electrons. The van der Waals surface area contributed by atoms with Crippen LogP contribution in [0.3, 0.4) is 0 Å². The number of amides is 2. The molecule has 110 valence electrons. The Morgan fingerprint density at radius 1 is 1.40 bits per heavy atom. The molecular formula is C13H18N2O5. The molecule has 0 aromatic carbocycles. The average molecular weight is 282 g/mol. The Kier molecular flexibility index (Phi) is 4.62. The van der Waals surface area contributed by atoms with Crippen LogP contribution in [-0.4, -0.2) is 46.3 Å². The molecule has 0 saturated carbocycles. The SMILES string of the molecule is O=C(O)c1ccc(CNC(=O)N2CCCCC2CO)o1. The molecule has 0 spiro atoms. The van der Waals surface area contributed by atoms with E-state index in [0.717, 1.165) is 19.3 Å². The standard InChI is InChI=1S/C13H18N2O5/c16-8-9-3-1-2-6-15(9)13(19)14-7-10-4-5-11(20-10)12(17)18/h4-5,9,16H,1-3,6-8H2,(H,14,19)(H,17,18). The first-order chi connectivity index (χ1) is 9.61. The summed E-state index contributed by atoms with van der Waals surface area (Å²) >= 11 is 0. The summed E-state index contributed by atoms with van der Waals surface area (Å²) in [6, 6.07) is 2.46. The highest BCUT2D eigenvalue weighted by Gasteiger charge is 2.25. The van der Waals surface area contributed by atoms with Gasteiger partial charge in [-0.1, -0.05) is 0 Å². The topological polar surface area (TPSA) is 103 Å². The summed E-state index contributed by atoms with van der Waals surface area (Å²) in [5, 5.41) is 20.7. The molecule has 20 heavy (non-hydrogen) atoms. The minimum atomic E-state index is -1.14. The van der Waals surface area contributed by atoms with Gasteiger partial charge in [-0.05, 0) is 31.4 Å². The third kappa shape index (κ3) is 3.30. The van der Waals surface area contributed by atoms with Crippen LogP contribution in [0.4, 0.5) is 4.79 Å². The number of likely N-dealkylation sites (tertiary alicyclic amines) is 1. The quantitative estimate of drug-likeness (QED) is 0.765. The van der Waals surface area contributed by atoms with Crippen LogP contribution in [0, 0.1) is 0 Å². The zero-order valence-corrected chi connectivity index (χ0v) is 11.0. The highest BCUT2D eigenvalue weighted by molar-refractivity contribution is 5.84. The molecule has 1 aromatic heterocycles. The van der Waals surface area contributed by atoms with Crippen molar-refractivity contribution < 1.29 is 24.2 Å². The van der Waals surface area contributed by atoms with Gasteiger partial charge in [0, 0.05) is 6.54 Å². The van der Waals surface area contributed by atoms with Gasteiger partial charge in [-0.15, -0.1) is 0 Å². The molecular weight excluding hydrogens is 264 g/mol. The van der Waals surface area contributed by atoms with Crippen LogP contribution in [0.15, 0.2) is 16.5 Å². The molecule has 1 saturated heterocycles. The van der Waals surface area contributed by atoms with Gasteiger partial charge in [0.2, 0.25) is 5.76 Å². The molecule has 1 aromatic rings. The number of carbonyl (C=O) groups is 2. The van der Waals surface area contributed by atoms with E-state index in [1.807, 2.05) is 0 Å². The summed E-state index contributed by atoms with van der Waals surface area (Å²) in [4.78, 5) is 24.3. The van der Waals surface area contributed by atoms with E-state index in [9.17, 15) is 14.7 Å². The number of nitrogens with zero attached hydrogens (tertiary/aromatic N) is 1. The van der Waals surface area contributed by atoms with Gasteiger partial charge in [0.15, 0.2) is 0 Å². The van der Waals surface area contributed by atoms with E-state index in [4.69, 9.17) is 9.52 Å². The highest BCUT2D eigenvalue weighted by atomic mass is 16.4. The fourth-order valence-electron chi connectivity index (χ4n) is 2.31. The van der Waals surface area contributed by atoms with E-state index in [2.05, 4.69) is 5.32 Å². The van der Waals surface area contributed by atoms with Crippen molar-refractivity contribution in [2.75, 3.05) is 13.2 Å². The van der Waals surface area contributed by atoms with Gasteiger partial charge < -0.3 is 24.8 Å². The summed E-state index contributed by atoms with van der Waals surface area (Å²) in [6.07, 6.45) is 2.73. The highest BCUT2D eigenvalue weighted by Crippen LogP contribution is 2.16. The van der Waals surface area contributed by atoms with E-state index in [-0.39, 0.29) is 31.0 Å². The molecule has 2 heterocycles. The van der Waals surface area contributed by atoms with E-state index < -0.39 is 5.97 Å². The van der Waals surface area contributed by atoms with Gasteiger partial charge in [0.05, 0.1) is 19.2 Å². The molecule has 0 bridgehead atoms. The number of urea groups is 1. The Bertz CT molecular complexity index is 485. The smallest absolute Gasteiger partial charge is 0.371 e. The van der Waals surface area contributed by atoms with Gasteiger partial charge in [-0.25, -0.2) is 9.59 Å². The van der Waals surface area contributed by atoms with Crippen molar-refractivity contribution in [3.8, 4) is 0 Å². The molecule has 2 rings (SSSR count). The summed E-state index contributed by atoms with van der Waals surface area (Å²) in [5.41, 5.74) is 0. The van der Waals surface area contributed by atoms with Crippen LogP contribution >= 0.6 is 0 Å². The number of carboxylic acids is 1. The van der Waals surface area contributed by atoms with E-state index in [1.54, 1.807) is 4.90 Å². The number of furan rings is 1. The monoisotopic (exact) mass is 282 g/mol. The number of piperidine rings is 1. The van der Waals surface area contributed by atoms with Crippen molar-refractivity contribution in [3.05, 3.63) is 23.7 Å². The number of rotatable bonds is 4. The number of aliphatic hydroxyl groups excluding tert-OH is 1. The second kappa shape index (κ2) is 6.42. The lowest BCUT2D eigenvalue weighted by Crippen LogP contribution is -2.49. The number of carboxylic acid groups (broad SMARTS) is 1. The Morgan fingerprint density at radius 2 is 2.20 bits per heavy atom. The molecule has 0 aliphatic carbocycles. The van der Waals surface area contributed by atoms with Crippen molar-refractivity contribution in [2.24, 2.45) is 0 Å². The summed E-state index contributed by atoms with van der Waals surface area (Å²) in [5.74, 6) is -0.910. The van der Waals surface area contributed by atoms with Crippen molar-refractivity contribution in [1.29, 1.82) is 0 Å². The molecule has 1 aliphatic heterocycles. The van der Waals surface area contributed by atoms with Gasteiger partial charge in [-0.3, -0.25) is 0 Å². The largest absolute Gasteiger partial charge is 0.475 e. The number of hydrogen-bond donors (Lipinski definition) is 3. The van der Waals surface area contributed by atoms with Crippen LogP contribution in [0.2, 0.25) is 0 Å². The molecule has 1 aliphatic rings. The maximum atomic E-state index is 12.0. The Labute approximate surface area is 116 Å². The Morgan fingerprint density at radius 3 is 2.85 bits per heavy atom. The van der Waals surface area contributed by atoms with Crippen LogP contribution in [0.1, 0.15) is 35.6 Å². The minimum absolute atomic E-state index is 0.0443. The van der Waals surface area contributed by atoms with Crippen LogP contribution in [-0.2, 0) is 6.54 Å². The van der Waals surface area contributed by atoms with Crippen LogP contribution in [0.25, 0.3) is 0 Å². The van der Waals surface area contributed by atoms with Crippen molar-refractivity contribution >= 4 is 12.0 Å². The zero-order chi connectivity index (χ0) is 14.5. The molecule has 2 amide bonds. The molecule has 7 nitrogen and oxygen atoms in total. The predicted molar refractivity (Wildman–Crippen MR) is 69.3 cm³/mol. The second-order valence-corrected chi connectivity index (χ2v) is 4.76. The van der Waals surface area contributed by atoms with Crippen molar-refractivity contribution in [2.45, 2.75) is 31.8 Å². The summed E-state index contributed by atoms with van der Waals surface area (Å²) < 4.78 is 5.05. The second-order valence-electron chi connectivity index (χ2n) is 4.76. The fourth-order valence-corrected chi connectivity index (χ4v) is 2.31. The van der Waals surface area contributed by atoms with Crippen LogP contribution < -0.4 is 5.32 Å². The zero-order valence-electron chi connectivity index (χ0n) is 11.0. The third-order valence-corrected chi connectivity index (χ3v) is 3.39. The van der Waals surface area contributed by atoms with Crippen molar-refractivity contribution in [1.82, 2.24) is 10.2 Å². The number of hydrogen-bond acceptors (Lipinski definition) is 4. The predicted octanol–water partition coefficient (Wildman–Crippen LogP) is 1.03. The first-order valence-corrected chi connectivity index (χ1v) is 6.59. The first-order valence-electron chi connectivity index (χ1n) is 6.59. The van der Waals surface area contributed by atoms with Crippen molar-refractivity contribution in [3.63, 3.8) is 0 Å². The minimum Gasteiger partial charge on any atom is -0.475 e. The number of carbonyl (C=O) groups excluding carboxylic acids is 1. The Balaban J connectivity index is 1.88. The van der Waals surface area contributed by atoms with Gasteiger partial charge in [0.25, 0.3) is 0 Å². The summed E-state index contributed by atoms with van der Waals surface area (Å²) in [7, 11) is 0. The molecule has 1 fully saturated rings. The first kappa shape index (κ1) is 14.4. The van der Waals surface area contributed by atoms with Gasteiger partial charge in [0.1, 0.15) is 5.76 Å². The van der Waals surface area contributed by atoms with E-state index >= 15 is 0 Å². The van der Waals surface area contributed by atoms with E-state index in [0.29, 0.717) is 12.3 Å². The maximum absolute atomic E-state index is 12.0. The summed E-state index contributed by atoms with van der Waals surface area (Å²) in [6.45, 7) is 0.702. The lowest BCUT2D eigenvalue weighted by Gasteiger charge is -2.34. The number of nitrogens with one attached hydrogen (secondary N) is 1. The molecule has 3 N–H and O–H groups in total. The molecule has 1 unspecified atom stereocenters. The molecule has 7 heteroatoms. The lowest BCUT2D eigenvalue weighted by molar-refractivity contribution is 0.0660.